The van der Waals surface area contributed by atoms with Gasteiger partial charge in [0.1, 0.15) is 5.82 Å². The first-order valence-corrected chi connectivity index (χ1v) is 9.88. The number of guanidine groups is 1. The summed E-state index contributed by atoms with van der Waals surface area (Å²) in [7, 11) is 3.61. The molecule has 144 valence electrons. The summed E-state index contributed by atoms with van der Waals surface area (Å²) in [6.45, 7) is 4.79. The average Bonchev–Trinajstić information content (AvgIpc) is 3.18. The lowest BCUT2D eigenvalue weighted by Crippen LogP contribution is -2.46. The Morgan fingerprint density at radius 2 is 2.04 bits per heavy atom. The maximum Gasteiger partial charge on any atom is 0.191 e. The van der Waals surface area contributed by atoms with Crippen molar-refractivity contribution in [3.05, 3.63) is 23.9 Å². The van der Waals surface area contributed by atoms with Crippen LogP contribution in [0.1, 0.15) is 44.1 Å². The van der Waals surface area contributed by atoms with E-state index in [1.165, 1.54) is 37.7 Å². The highest BCUT2D eigenvalue weighted by atomic mass is 16.5. The van der Waals surface area contributed by atoms with Crippen LogP contribution in [0.15, 0.2) is 23.3 Å². The van der Waals surface area contributed by atoms with Crippen LogP contribution in [0.3, 0.4) is 0 Å². The summed E-state index contributed by atoms with van der Waals surface area (Å²) in [6, 6.07) is 4.29. The van der Waals surface area contributed by atoms with Crippen molar-refractivity contribution in [3.8, 4) is 0 Å². The zero-order valence-electron chi connectivity index (χ0n) is 16.3. The second-order valence-corrected chi connectivity index (χ2v) is 7.59. The van der Waals surface area contributed by atoms with Crippen LogP contribution in [0.4, 0.5) is 5.82 Å². The highest BCUT2D eigenvalue weighted by molar-refractivity contribution is 5.79. The molecule has 2 heterocycles. The van der Waals surface area contributed by atoms with E-state index >= 15 is 0 Å². The summed E-state index contributed by atoms with van der Waals surface area (Å²) < 4.78 is 5.27. The molecule has 2 N–H and O–H groups in total. The second-order valence-electron chi connectivity index (χ2n) is 7.59. The van der Waals surface area contributed by atoms with Crippen LogP contribution in [-0.2, 0) is 11.3 Å². The lowest BCUT2D eigenvalue weighted by atomic mass is 9.67. The van der Waals surface area contributed by atoms with Gasteiger partial charge in [-0.15, -0.1) is 0 Å². The predicted molar refractivity (Wildman–Crippen MR) is 107 cm³/mol. The normalized spacial score (nSPS) is 19.3. The number of hydrogen-bond donors (Lipinski definition) is 2. The molecule has 6 heteroatoms. The second kappa shape index (κ2) is 9.21. The van der Waals surface area contributed by atoms with Crippen LogP contribution in [0.2, 0.25) is 0 Å². The fourth-order valence-corrected chi connectivity index (χ4v) is 3.84. The number of methoxy groups -OCH3 is 1. The van der Waals surface area contributed by atoms with Crippen molar-refractivity contribution >= 4 is 11.8 Å². The molecule has 6 nitrogen and oxygen atoms in total. The van der Waals surface area contributed by atoms with E-state index in [0.29, 0.717) is 5.41 Å². The SMILES string of the molecule is CN=C(NCc1ccc(N2CCCC2)nc1)NCC1(CCOC)CCC1. The van der Waals surface area contributed by atoms with E-state index in [1.807, 2.05) is 13.2 Å². The molecule has 0 amide bonds. The van der Waals surface area contributed by atoms with Crippen molar-refractivity contribution in [3.63, 3.8) is 0 Å². The van der Waals surface area contributed by atoms with E-state index in [-0.39, 0.29) is 0 Å². The molecule has 1 aliphatic heterocycles. The Hall–Kier alpha value is -1.82. The number of rotatable bonds is 8. The molecule has 2 fully saturated rings. The minimum absolute atomic E-state index is 0.382. The molecular formula is C20H33N5O. The van der Waals surface area contributed by atoms with Gasteiger partial charge in [-0.3, -0.25) is 4.99 Å². The van der Waals surface area contributed by atoms with Gasteiger partial charge in [0.15, 0.2) is 5.96 Å². The average molecular weight is 360 g/mol. The number of aromatic nitrogens is 1. The largest absolute Gasteiger partial charge is 0.385 e. The summed E-state index contributed by atoms with van der Waals surface area (Å²) in [5.74, 6) is 1.95. The van der Waals surface area contributed by atoms with Crippen molar-refractivity contribution < 1.29 is 4.74 Å². The lowest BCUT2D eigenvalue weighted by molar-refractivity contribution is 0.0732. The van der Waals surface area contributed by atoms with Gasteiger partial charge in [-0.2, -0.15) is 0 Å². The maximum atomic E-state index is 5.27. The molecular weight excluding hydrogens is 326 g/mol. The number of pyridine rings is 1. The Morgan fingerprint density at radius 1 is 1.23 bits per heavy atom. The Balaban J connectivity index is 1.45. The third-order valence-corrected chi connectivity index (χ3v) is 5.80. The Bertz CT molecular complexity index is 576. The Labute approximate surface area is 157 Å². The van der Waals surface area contributed by atoms with Gasteiger partial charge in [-0.05, 0) is 49.1 Å². The van der Waals surface area contributed by atoms with E-state index in [0.717, 1.165) is 51.0 Å². The smallest absolute Gasteiger partial charge is 0.191 e. The first-order valence-electron chi connectivity index (χ1n) is 9.88. The van der Waals surface area contributed by atoms with Crippen LogP contribution in [0.25, 0.3) is 0 Å². The first-order chi connectivity index (χ1) is 12.7. The molecule has 0 unspecified atom stereocenters. The van der Waals surface area contributed by atoms with Crippen molar-refractivity contribution in [2.75, 3.05) is 45.3 Å². The highest BCUT2D eigenvalue weighted by Gasteiger charge is 2.36. The van der Waals surface area contributed by atoms with Gasteiger partial charge < -0.3 is 20.3 Å². The zero-order valence-corrected chi connectivity index (χ0v) is 16.3. The molecule has 26 heavy (non-hydrogen) atoms. The first kappa shape index (κ1) is 19.0. The summed E-state index contributed by atoms with van der Waals surface area (Å²) in [6.07, 6.45) is 9.53. The van der Waals surface area contributed by atoms with Crippen molar-refractivity contribution in [1.29, 1.82) is 0 Å². The molecule has 0 bridgehead atoms. The van der Waals surface area contributed by atoms with Gasteiger partial charge in [-0.1, -0.05) is 12.5 Å². The van der Waals surface area contributed by atoms with Crippen LogP contribution in [0, 0.1) is 5.41 Å². The number of aliphatic imine (C=N–C) groups is 1. The summed E-state index contributed by atoms with van der Waals surface area (Å²) >= 11 is 0. The molecule has 1 saturated carbocycles. The molecule has 0 aromatic carbocycles. The van der Waals surface area contributed by atoms with Crippen LogP contribution < -0.4 is 15.5 Å². The Morgan fingerprint density at radius 3 is 2.62 bits per heavy atom. The molecule has 0 radical (unpaired) electrons. The summed E-state index contributed by atoms with van der Waals surface area (Å²) in [5.41, 5.74) is 1.56. The fourth-order valence-electron chi connectivity index (χ4n) is 3.84. The summed E-state index contributed by atoms with van der Waals surface area (Å²) in [5, 5.41) is 6.91. The van der Waals surface area contributed by atoms with E-state index in [1.54, 1.807) is 7.11 Å². The fraction of sp³-hybridized carbons (Fsp3) is 0.700. The minimum atomic E-state index is 0.382. The Kier molecular flexibility index (Phi) is 6.72. The predicted octanol–water partition coefficient (Wildman–Crippen LogP) is 2.55. The molecule has 0 atom stereocenters. The van der Waals surface area contributed by atoms with Gasteiger partial charge in [-0.25, -0.2) is 4.98 Å². The van der Waals surface area contributed by atoms with E-state index in [9.17, 15) is 0 Å². The highest BCUT2D eigenvalue weighted by Crippen LogP contribution is 2.43. The molecule has 3 rings (SSSR count). The van der Waals surface area contributed by atoms with E-state index < -0.39 is 0 Å². The number of nitrogens with zero attached hydrogens (tertiary/aromatic N) is 3. The van der Waals surface area contributed by atoms with Gasteiger partial charge in [0.05, 0.1) is 0 Å². The van der Waals surface area contributed by atoms with Gasteiger partial charge in [0.25, 0.3) is 0 Å². The molecule has 1 aromatic rings. The maximum absolute atomic E-state index is 5.27. The topological polar surface area (TPSA) is 61.8 Å². The zero-order chi connectivity index (χ0) is 18.2. The van der Waals surface area contributed by atoms with Crippen molar-refractivity contribution in [2.45, 2.75) is 45.1 Å². The monoisotopic (exact) mass is 359 g/mol. The number of ether oxygens (including phenoxy) is 1. The van der Waals surface area contributed by atoms with Crippen LogP contribution in [-0.4, -0.2) is 51.3 Å². The quantitative estimate of drug-likeness (QED) is 0.552. The van der Waals surface area contributed by atoms with Gasteiger partial charge in [0, 0.05) is 53.1 Å². The third kappa shape index (κ3) is 4.87. The van der Waals surface area contributed by atoms with Gasteiger partial charge >= 0.3 is 0 Å². The standard InChI is InChI=1S/C20H33N5O/c1-21-19(24-16-20(8-5-9-20)10-13-26-2)23-15-17-6-7-18(22-14-17)25-11-3-4-12-25/h6-7,14H,3-5,8-13,15-16H2,1-2H3,(H2,21,23,24). The van der Waals surface area contributed by atoms with Crippen LogP contribution >= 0.6 is 0 Å². The molecule has 1 saturated heterocycles. The molecule has 1 aromatic heterocycles. The lowest BCUT2D eigenvalue weighted by Gasteiger charge is -2.42. The number of hydrogen-bond acceptors (Lipinski definition) is 4. The number of nitrogens with one attached hydrogen (secondary N) is 2. The van der Waals surface area contributed by atoms with Crippen molar-refractivity contribution in [1.82, 2.24) is 15.6 Å². The third-order valence-electron chi connectivity index (χ3n) is 5.80. The molecule has 2 aliphatic rings. The summed E-state index contributed by atoms with van der Waals surface area (Å²) in [4.78, 5) is 11.3. The van der Waals surface area contributed by atoms with Crippen molar-refractivity contribution in [2.24, 2.45) is 10.4 Å². The molecule has 1 aliphatic carbocycles. The molecule has 0 spiro atoms. The van der Waals surface area contributed by atoms with E-state index in [4.69, 9.17) is 4.74 Å². The van der Waals surface area contributed by atoms with Crippen LogP contribution in [0.5, 0.6) is 0 Å². The minimum Gasteiger partial charge on any atom is -0.385 e. The number of anilines is 1. The van der Waals surface area contributed by atoms with E-state index in [2.05, 4.69) is 37.6 Å². The van der Waals surface area contributed by atoms with Gasteiger partial charge in [0.2, 0.25) is 0 Å².